The maximum Gasteiger partial charge on any atom is 0.219 e. The van der Waals surface area contributed by atoms with E-state index in [4.69, 9.17) is 5.73 Å². The molecular weight excluding hydrogens is 564 g/mol. The Labute approximate surface area is 289 Å². The van der Waals surface area contributed by atoms with Crippen molar-refractivity contribution in [2.45, 2.75) is 226 Å². The normalized spacial score (nSPS) is 11.3. The molecule has 4 heteroatoms. The van der Waals surface area contributed by atoms with Crippen LogP contribution in [-0.4, -0.2) is 18.4 Å². The monoisotopic (exact) mass is 647 g/mol. The molecule has 0 spiro atoms. The lowest BCUT2D eigenvalue weighted by molar-refractivity contribution is -0.121. The standard InChI is InChI=1S/C24H47NO.C18H35NO/c1-3-5-6-7-8-9-10-11-12-13-14-15-16-17-18-19-20-21-22-23-24(26)25-4-2;1-2-3-4-5-6-7-8-9-10-11-12-13-14-15-16-17-18(19)20/h11-12H,3-10,13-23H2,1-2H3,(H,25,26);9-10H,2-8,11-17H2,1H3,(H2,19,20)/b12-11-;10-9-. The number of rotatable bonds is 35. The summed E-state index contributed by atoms with van der Waals surface area (Å²) in [5, 5.41) is 2.86. The highest BCUT2D eigenvalue weighted by Crippen LogP contribution is 2.13. The van der Waals surface area contributed by atoms with E-state index in [-0.39, 0.29) is 11.8 Å². The molecule has 3 N–H and O–H groups in total. The minimum Gasteiger partial charge on any atom is -0.370 e. The number of allylic oxidation sites excluding steroid dienone is 4. The highest BCUT2D eigenvalue weighted by molar-refractivity contribution is 5.75. The summed E-state index contributed by atoms with van der Waals surface area (Å²) in [7, 11) is 0. The SMILES string of the molecule is CCCCCCCC/C=C\CCCCCCCC(N)=O.CCCCCCCC/C=C\CCCCCCCCCCCC(=O)NCC. The average Bonchev–Trinajstić information content (AvgIpc) is 3.04. The van der Waals surface area contributed by atoms with E-state index in [9.17, 15) is 9.59 Å². The van der Waals surface area contributed by atoms with Gasteiger partial charge in [-0.25, -0.2) is 0 Å². The summed E-state index contributed by atoms with van der Waals surface area (Å²) in [6.45, 7) is 7.28. The molecule has 0 aromatic heterocycles. The lowest BCUT2D eigenvalue weighted by Crippen LogP contribution is -2.21. The molecule has 0 aliphatic rings. The van der Waals surface area contributed by atoms with E-state index >= 15 is 0 Å². The van der Waals surface area contributed by atoms with Gasteiger partial charge in [0.2, 0.25) is 11.8 Å². The molecule has 46 heavy (non-hydrogen) atoms. The fraction of sp³-hybridized carbons (Fsp3) is 0.857. The Kier molecular flexibility index (Phi) is 43.9. The van der Waals surface area contributed by atoms with Crippen molar-refractivity contribution in [1.29, 1.82) is 0 Å². The predicted molar refractivity (Wildman–Crippen MR) is 205 cm³/mol. The first kappa shape index (κ1) is 46.5. The summed E-state index contributed by atoms with van der Waals surface area (Å²) in [4.78, 5) is 21.9. The van der Waals surface area contributed by atoms with E-state index in [0.29, 0.717) is 12.8 Å². The van der Waals surface area contributed by atoms with Gasteiger partial charge in [0.25, 0.3) is 0 Å². The van der Waals surface area contributed by atoms with Crippen LogP contribution in [0.25, 0.3) is 0 Å². The summed E-state index contributed by atoms with van der Waals surface area (Å²) in [6, 6.07) is 0. The Morgan fingerprint density at radius 3 is 1.00 bits per heavy atom. The van der Waals surface area contributed by atoms with Crippen LogP contribution in [0.1, 0.15) is 226 Å². The Morgan fingerprint density at radius 1 is 0.413 bits per heavy atom. The van der Waals surface area contributed by atoms with Crippen molar-refractivity contribution in [1.82, 2.24) is 5.32 Å². The number of amides is 2. The Hall–Kier alpha value is -1.58. The zero-order valence-electron chi connectivity index (χ0n) is 31.5. The second-order valence-corrected chi connectivity index (χ2v) is 13.5. The molecule has 0 aromatic rings. The molecule has 0 bridgehead atoms. The van der Waals surface area contributed by atoms with Gasteiger partial charge in [0, 0.05) is 19.4 Å². The third-order valence-electron chi connectivity index (χ3n) is 8.72. The maximum absolute atomic E-state index is 11.3. The van der Waals surface area contributed by atoms with Crippen molar-refractivity contribution in [3.05, 3.63) is 24.3 Å². The lowest BCUT2D eigenvalue weighted by Gasteiger charge is -2.03. The third kappa shape index (κ3) is 46.8. The van der Waals surface area contributed by atoms with E-state index in [1.807, 2.05) is 6.92 Å². The number of nitrogens with two attached hydrogens (primary N) is 1. The van der Waals surface area contributed by atoms with Crippen LogP contribution < -0.4 is 11.1 Å². The van der Waals surface area contributed by atoms with Crippen molar-refractivity contribution in [3.8, 4) is 0 Å². The zero-order chi connectivity index (χ0) is 34.0. The van der Waals surface area contributed by atoms with E-state index in [1.165, 1.54) is 173 Å². The highest BCUT2D eigenvalue weighted by atomic mass is 16.1. The zero-order valence-corrected chi connectivity index (χ0v) is 31.5. The average molecular weight is 647 g/mol. The predicted octanol–water partition coefficient (Wildman–Crippen LogP) is 13.2. The Bertz CT molecular complexity index is 658. The molecule has 272 valence electrons. The molecular formula is C42H82N2O2. The first-order valence-corrected chi connectivity index (χ1v) is 20.4. The maximum atomic E-state index is 11.3. The van der Waals surface area contributed by atoms with Crippen molar-refractivity contribution >= 4 is 11.8 Å². The van der Waals surface area contributed by atoms with Gasteiger partial charge in [0.15, 0.2) is 0 Å². The van der Waals surface area contributed by atoms with E-state index in [2.05, 4.69) is 43.5 Å². The molecule has 0 saturated carbocycles. The fourth-order valence-electron chi connectivity index (χ4n) is 5.72. The van der Waals surface area contributed by atoms with Crippen LogP contribution in [0.15, 0.2) is 24.3 Å². The van der Waals surface area contributed by atoms with Gasteiger partial charge >= 0.3 is 0 Å². The van der Waals surface area contributed by atoms with Gasteiger partial charge in [-0.15, -0.1) is 0 Å². The Balaban J connectivity index is 0. The van der Waals surface area contributed by atoms with Gasteiger partial charge in [-0.1, -0.05) is 167 Å². The molecule has 0 unspecified atom stereocenters. The topological polar surface area (TPSA) is 72.2 Å². The van der Waals surface area contributed by atoms with E-state index < -0.39 is 0 Å². The van der Waals surface area contributed by atoms with Crippen molar-refractivity contribution in [3.63, 3.8) is 0 Å². The quantitative estimate of drug-likeness (QED) is 0.0531. The largest absolute Gasteiger partial charge is 0.370 e. The number of hydrogen-bond donors (Lipinski definition) is 2. The summed E-state index contributed by atoms with van der Waals surface area (Å²) in [6.07, 6.45) is 50.2. The van der Waals surface area contributed by atoms with E-state index in [0.717, 1.165) is 25.8 Å². The van der Waals surface area contributed by atoms with Crippen LogP contribution in [0.4, 0.5) is 0 Å². The molecule has 0 rings (SSSR count). The van der Waals surface area contributed by atoms with E-state index in [1.54, 1.807) is 0 Å². The molecule has 2 amide bonds. The van der Waals surface area contributed by atoms with Gasteiger partial charge in [-0.3, -0.25) is 9.59 Å². The minimum atomic E-state index is -0.164. The van der Waals surface area contributed by atoms with Crippen LogP contribution in [0.5, 0.6) is 0 Å². The number of primary amides is 1. The number of carbonyl (C=O) groups is 2. The van der Waals surface area contributed by atoms with Crippen LogP contribution in [0, 0.1) is 0 Å². The number of carbonyl (C=O) groups excluding carboxylic acids is 2. The first-order chi connectivity index (χ1) is 22.6. The van der Waals surface area contributed by atoms with Gasteiger partial charge in [-0.2, -0.15) is 0 Å². The molecule has 4 nitrogen and oxygen atoms in total. The summed E-state index contributed by atoms with van der Waals surface area (Å²) in [5.41, 5.74) is 5.10. The molecule has 0 saturated heterocycles. The van der Waals surface area contributed by atoms with Crippen LogP contribution in [0.3, 0.4) is 0 Å². The highest BCUT2D eigenvalue weighted by Gasteiger charge is 1.99. The summed E-state index contributed by atoms with van der Waals surface area (Å²) >= 11 is 0. The number of hydrogen-bond acceptors (Lipinski definition) is 2. The van der Waals surface area contributed by atoms with Crippen LogP contribution >= 0.6 is 0 Å². The molecule has 0 aliphatic carbocycles. The Morgan fingerprint density at radius 2 is 0.696 bits per heavy atom. The summed E-state index contributed by atoms with van der Waals surface area (Å²) in [5.74, 6) is 0.0520. The van der Waals surface area contributed by atoms with Gasteiger partial charge < -0.3 is 11.1 Å². The molecule has 0 aromatic carbocycles. The molecule has 0 fully saturated rings. The second-order valence-electron chi connectivity index (χ2n) is 13.5. The fourth-order valence-corrected chi connectivity index (χ4v) is 5.72. The van der Waals surface area contributed by atoms with Crippen molar-refractivity contribution in [2.24, 2.45) is 5.73 Å². The van der Waals surface area contributed by atoms with Gasteiger partial charge in [0.05, 0.1) is 0 Å². The van der Waals surface area contributed by atoms with Gasteiger partial charge in [-0.05, 0) is 71.1 Å². The number of nitrogens with one attached hydrogen (secondary N) is 1. The number of unbranched alkanes of at least 4 members (excludes halogenated alkanes) is 26. The minimum absolute atomic E-state index is 0.164. The van der Waals surface area contributed by atoms with Crippen LogP contribution in [-0.2, 0) is 9.59 Å². The summed E-state index contributed by atoms with van der Waals surface area (Å²) < 4.78 is 0. The lowest BCUT2D eigenvalue weighted by atomic mass is 10.1. The molecule has 0 radical (unpaired) electrons. The third-order valence-corrected chi connectivity index (χ3v) is 8.72. The second kappa shape index (κ2) is 43.4. The van der Waals surface area contributed by atoms with Crippen molar-refractivity contribution < 1.29 is 9.59 Å². The molecule has 0 aliphatic heterocycles. The smallest absolute Gasteiger partial charge is 0.219 e. The van der Waals surface area contributed by atoms with Crippen LogP contribution in [0.2, 0.25) is 0 Å². The molecule has 0 heterocycles. The molecule has 0 atom stereocenters. The first-order valence-electron chi connectivity index (χ1n) is 20.4. The van der Waals surface area contributed by atoms with Gasteiger partial charge in [0.1, 0.15) is 0 Å². The van der Waals surface area contributed by atoms with Crippen molar-refractivity contribution in [2.75, 3.05) is 6.54 Å².